The maximum Gasteiger partial charge on any atom is 0.268 e. The van der Waals surface area contributed by atoms with Crippen LogP contribution >= 0.6 is 23.1 Å². The number of nitrogens with zero attached hydrogens (tertiary/aromatic N) is 2. The quantitative estimate of drug-likeness (QED) is 0.873. The number of thiophene rings is 1. The summed E-state index contributed by atoms with van der Waals surface area (Å²) in [4.78, 5) is 5.38. The molecule has 0 radical (unpaired) electrons. The molecule has 0 saturated heterocycles. The van der Waals surface area contributed by atoms with Gasteiger partial charge in [-0.25, -0.2) is 0 Å². The summed E-state index contributed by atoms with van der Waals surface area (Å²) in [6.07, 6.45) is 1.01. The Balaban J connectivity index is 1.91. The number of thioether (sulfide) groups is 1. The van der Waals surface area contributed by atoms with Crippen LogP contribution in [0.4, 0.5) is 0 Å². The van der Waals surface area contributed by atoms with Gasteiger partial charge in [-0.1, -0.05) is 18.1 Å². The van der Waals surface area contributed by atoms with Gasteiger partial charge >= 0.3 is 0 Å². The maximum absolute atomic E-state index is 5.50. The Morgan fingerprint density at radius 2 is 2.47 bits per heavy atom. The Kier molecular flexibility index (Phi) is 4.58. The van der Waals surface area contributed by atoms with Crippen molar-refractivity contribution in [3.8, 4) is 10.8 Å². The lowest BCUT2D eigenvalue weighted by Crippen LogP contribution is -2.07. The monoisotopic (exact) mass is 269 g/mol. The van der Waals surface area contributed by atoms with Gasteiger partial charge in [0.05, 0.1) is 10.6 Å². The minimum atomic E-state index is 0.531. The van der Waals surface area contributed by atoms with Crippen molar-refractivity contribution in [1.29, 1.82) is 0 Å². The SMILES string of the molecule is CC(CCN)SCc1noc(-c2cccs2)n1. The molecule has 0 saturated carbocycles. The van der Waals surface area contributed by atoms with E-state index in [4.69, 9.17) is 10.3 Å². The van der Waals surface area contributed by atoms with E-state index >= 15 is 0 Å². The van der Waals surface area contributed by atoms with Crippen molar-refractivity contribution >= 4 is 23.1 Å². The van der Waals surface area contributed by atoms with E-state index in [1.807, 2.05) is 17.5 Å². The Morgan fingerprint density at radius 1 is 1.59 bits per heavy atom. The molecule has 92 valence electrons. The van der Waals surface area contributed by atoms with E-state index in [1.165, 1.54) is 0 Å². The van der Waals surface area contributed by atoms with Gasteiger partial charge in [0.15, 0.2) is 5.82 Å². The van der Waals surface area contributed by atoms with Gasteiger partial charge in [0, 0.05) is 5.25 Å². The smallest absolute Gasteiger partial charge is 0.268 e. The second-order valence-electron chi connectivity index (χ2n) is 3.69. The van der Waals surface area contributed by atoms with Crippen molar-refractivity contribution in [2.24, 2.45) is 5.73 Å². The molecular weight excluding hydrogens is 254 g/mol. The molecule has 0 fully saturated rings. The van der Waals surface area contributed by atoms with E-state index in [2.05, 4.69) is 17.1 Å². The lowest BCUT2D eigenvalue weighted by Gasteiger charge is -2.06. The van der Waals surface area contributed by atoms with Crippen molar-refractivity contribution in [2.45, 2.75) is 24.3 Å². The van der Waals surface area contributed by atoms with Crippen molar-refractivity contribution < 1.29 is 4.52 Å². The molecule has 1 unspecified atom stereocenters. The predicted octanol–water partition coefficient (Wildman–Crippen LogP) is 2.77. The van der Waals surface area contributed by atoms with Gasteiger partial charge in [-0.15, -0.1) is 11.3 Å². The van der Waals surface area contributed by atoms with Gasteiger partial charge in [0.2, 0.25) is 0 Å². The molecule has 17 heavy (non-hydrogen) atoms. The fourth-order valence-corrected chi connectivity index (χ4v) is 2.85. The predicted molar refractivity (Wildman–Crippen MR) is 72.0 cm³/mol. The van der Waals surface area contributed by atoms with Crippen LogP contribution in [0.25, 0.3) is 10.8 Å². The van der Waals surface area contributed by atoms with Gasteiger partial charge in [-0.3, -0.25) is 0 Å². The summed E-state index contributed by atoms with van der Waals surface area (Å²) in [7, 11) is 0. The molecular formula is C11H15N3OS2. The van der Waals surface area contributed by atoms with Gasteiger partial charge in [0.1, 0.15) is 0 Å². The topological polar surface area (TPSA) is 64.9 Å². The highest BCUT2D eigenvalue weighted by Crippen LogP contribution is 2.24. The standard InChI is InChI=1S/C11H15N3OS2/c1-8(4-5-12)17-7-10-13-11(15-14-10)9-3-2-6-16-9/h2-3,6,8H,4-5,7,12H2,1H3. The first-order valence-corrected chi connectivity index (χ1v) is 7.40. The summed E-state index contributed by atoms with van der Waals surface area (Å²) in [6.45, 7) is 2.89. The molecule has 2 aromatic rings. The van der Waals surface area contributed by atoms with Crippen LogP contribution in [0.1, 0.15) is 19.2 Å². The molecule has 2 N–H and O–H groups in total. The highest BCUT2D eigenvalue weighted by Gasteiger charge is 2.10. The van der Waals surface area contributed by atoms with Crippen LogP contribution in [0, 0.1) is 0 Å². The molecule has 0 aliphatic heterocycles. The lowest BCUT2D eigenvalue weighted by atomic mass is 10.3. The molecule has 0 amide bonds. The van der Waals surface area contributed by atoms with E-state index < -0.39 is 0 Å². The van der Waals surface area contributed by atoms with Crippen LogP contribution in [0.3, 0.4) is 0 Å². The fraction of sp³-hybridized carbons (Fsp3) is 0.455. The summed E-state index contributed by atoms with van der Waals surface area (Å²) in [5, 5.41) is 6.50. The van der Waals surface area contributed by atoms with Crippen molar-refractivity contribution in [3.63, 3.8) is 0 Å². The van der Waals surface area contributed by atoms with Gasteiger partial charge in [0.25, 0.3) is 5.89 Å². The molecule has 0 aromatic carbocycles. The molecule has 0 aliphatic carbocycles. The van der Waals surface area contributed by atoms with E-state index in [-0.39, 0.29) is 0 Å². The summed E-state index contributed by atoms with van der Waals surface area (Å²) in [5.41, 5.74) is 5.50. The first-order chi connectivity index (χ1) is 8.29. The van der Waals surface area contributed by atoms with Gasteiger partial charge in [-0.05, 0) is 24.4 Å². The second-order valence-corrected chi connectivity index (χ2v) is 6.07. The Hall–Kier alpha value is -0.850. The third-order valence-electron chi connectivity index (χ3n) is 2.27. The normalized spacial score (nSPS) is 12.8. The largest absolute Gasteiger partial charge is 0.333 e. The van der Waals surface area contributed by atoms with Crippen LogP contribution in [-0.4, -0.2) is 21.9 Å². The minimum absolute atomic E-state index is 0.531. The molecule has 0 spiro atoms. The van der Waals surface area contributed by atoms with Crippen LogP contribution in [0.5, 0.6) is 0 Å². The van der Waals surface area contributed by atoms with Gasteiger partial charge < -0.3 is 10.3 Å². The summed E-state index contributed by atoms with van der Waals surface area (Å²) >= 11 is 3.41. The number of hydrogen-bond acceptors (Lipinski definition) is 6. The van der Waals surface area contributed by atoms with Crippen LogP contribution in [0.15, 0.2) is 22.0 Å². The molecule has 1 atom stereocenters. The van der Waals surface area contributed by atoms with Crippen molar-refractivity contribution in [2.75, 3.05) is 6.54 Å². The van der Waals surface area contributed by atoms with Gasteiger partial charge in [-0.2, -0.15) is 16.7 Å². The molecule has 2 aromatic heterocycles. The van der Waals surface area contributed by atoms with Crippen molar-refractivity contribution in [1.82, 2.24) is 10.1 Å². The Labute approximate surface area is 109 Å². The summed E-state index contributed by atoms with van der Waals surface area (Å²) < 4.78 is 5.21. The fourth-order valence-electron chi connectivity index (χ4n) is 1.35. The minimum Gasteiger partial charge on any atom is -0.333 e. The third kappa shape index (κ3) is 3.55. The zero-order valence-corrected chi connectivity index (χ0v) is 11.3. The first kappa shape index (κ1) is 12.6. The lowest BCUT2D eigenvalue weighted by molar-refractivity contribution is 0.426. The maximum atomic E-state index is 5.50. The zero-order chi connectivity index (χ0) is 12.1. The number of rotatable bonds is 6. The number of aromatic nitrogens is 2. The van der Waals surface area contributed by atoms with Crippen molar-refractivity contribution in [3.05, 3.63) is 23.3 Å². The Bertz CT molecular complexity index is 441. The summed E-state index contributed by atoms with van der Waals surface area (Å²) in [5.74, 6) is 2.14. The molecule has 2 rings (SSSR count). The number of nitrogens with two attached hydrogens (primary N) is 1. The number of hydrogen-bond donors (Lipinski definition) is 1. The molecule has 6 heteroatoms. The highest BCUT2D eigenvalue weighted by molar-refractivity contribution is 7.99. The highest BCUT2D eigenvalue weighted by atomic mass is 32.2. The molecule has 0 bridgehead atoms. The van der Waals surface area contributed by atoms with Crippen LogP contribution < -0.4 is 5.73 Å². The van der Waals surface area contributed by atoms with Crippen LogP contribution in [-0.2, 0) is 5.75 Å². The Morgan fingerprint density at radius 3 is 3.18 bits per heavy atom. The zero-order valence-electron chi connectivity index (χ0n) is 9.63. The van der Waals surface area contributed by atoms with E-state index in [0.29, 0.717) is 11.1 Å². The average molecular weight is 269 g/mol. The van der Waals surface area contributed by atoms with E-state index in [1.54, 1.807) is 23.1 Å². The first-order valence-electron chi connectivity index (χ1n) is 5.47. The van der Waals surface area contributed by atoms with E-state index in [9.17, 15) is 0 Å². The molecule has 2 heterocycles. The molecule has 0 aliphatic rings. The molecule has 4 nitrogen and oxygen atoms in total. The second kappa shape index (κ2) is 6.18. The average Bonchev–Trinajstić information content (AvgIpc) is 2.97. The van der Waals surface area contributed by atoms with Crippen LogP contribution in [0.2, 0.25) is 0 Å². The third-order valence-corrected chi connectivity index (χ3v) is 4.36. The van der Waals surface area contributed by atoms with E-state index in [0.717, 1.165) is 29.4 Å². The summed E-state index contributed by atoms with van der Waals surface area (Å²) in [6, 6.07) is 3.95.